The minimum atomic E-state index is -3.61. The molecule has 3 fully saturated rings. The molecule has 3 aliphatic heterocycles. The second-order valence-electron chi connectivity index (χ2n) is 11.9. The molecule has 0 saturated carbocycles. The van der Waals surface area contributed by atoms with Crippen LogP contribution in [0.3, 0.4) is 0 Å². The van der Waals surface area contributed by atoms with Crippen molar-refractivity contribution in [1.29, 1.82) is 0 Å². The Kier molecular flexibility index (Phi) is 7.46. The first-order chi connectivity index (χ1) is 21.6. The number of anilines is 1. The molecule has 0 radical (unpaired) electrons. The number of nitrogens with one attached hydrogen (secondary N) is 3. The molecule has 2 aromatic heterocycles. The Balaban J connectivity index is 1.32. The largest absolute Gasteiger partial charge is 0.508 e. The second-order valence-corrected chi connectivity index (χ2v) is 13.5. The van der Waals surface area contributed by atoms with E-state index in [0.717, 1.165) is 19.4 Å². The summed E-state index contributed by atoms with van der Waals surface area (Å²) >= 11 is 0. The van der Waals surface area contributed by atoms with Crippen molar-refractivity contribution in [2.75, 3.05) is 38.1 Å². The molecular formula is C30H32F3N7O4S. The van der Waals surface area contributed by atoms with Gasteiger partial charge in [-0.05, 0) is 60.3 Å². The monoisotopic (exact) mass is 643 g/mol. The zero-order valence-electron chi connectivity index (χ0n) is 24.4. The molecular weight excluding hydrogens is 611 g/mol. The maximum absolute atomic E-state index is 16.6. The summed E-state index contributed by atoms with van der Waals surface area (Å²) in [5.74, 6) is -1.27. The maximum atomic E-state index is 16.6. The Hall–Kier alpha value is -3.79. The SMILES string of the molecule is CCc1c(F)ccc2cc(O)cc(-c3ncc4c(NCC5CNS(=O)(=O)N5)nc(OC[C@@]56CCCN5C[C@H](F)C6)nc4c3F)c12. The van der Waals surface area contributed by atoms with E-state index in [9.17, 15) is 22.3 Å². The van der Waals surface area contributed by atoms with Gasteiger partial charge in [-0.15, -0.1) is 0 Å². The smallest absolute Gasteiger partial charge is 0.319 e. The predicted octanol–water partition coefficient (Wildman–Crippen LogP) is 3.56. The lowest BCUT2D eigenvalue weighted by atomic mass is 9.94. The van der Waals surface area contributed by atoms with Crippen molar-refractivity contribution < 1.29 is 31.4 Å². The molecule has 4 aromatic rings. The number of benzene rings is 2. The van der Waals surface area contributed by atoms with Crippen molar-refractivity contribution in [2.24, 2.45) is 0 Å². The fraction of sp³-hybridized carbons (Fsp3) is 0.433. The molecule has 3 atom stereocenters. The van der Waals surface area contributed by atoms with Crippen LogP contribution in [0.2, 0.25) is 0 Å². The number of alkyl halides is 1. The number of phenolic OH excluding ortho intramolecular Hbond substituents is 1. The molecule has 238 valence electrons. The number of pyridine rings is 1. The summed E-state index contributed by atoms with van der Waals surface area (Å²) in [6.45, 7) is 3.25. The third-order valence-electron chi connectivity index (χ3n) is 9.01. The van der Waals surface area contributed by atoms with Crippen LogP contribution in [0.5, 0.6) is 11.8 Å². The first-order valence-electron chi connectivity index (χ1n) is 14.9. The van der Waals surface area contributed by atoms with Gasteiger partial charge in [0, 0.05) is 37.8 Å². The van der Waals surface area contributed by atoms with Crippen LogP contribution in [0.15, 0.2) is 30.5 Å². The van der Waals surface area contributed by atoms with Gasteiger partial charge >= 0.3 is 6.01 Å². The van der Waals surface area contributed by atoms with Crippen LogP contribution in [0.4, 0.5) is 19.0 Å². The topological polar surface area (TPSA) is 142 Å². The Morgan fingerprint density at radius 2 is 2.09 bits per heavy atom. The van der Waals surface area contributed by atoms with E-state index in [-0.39, 0.29) is 59.4 Å². The lowest BCUT2D eigenvalue weighted by molar-refractivity contribution is 0.107. The van der Waals surface area contributed by atoms with Crippen molar-refractivity contribution in [3.63, 3.8) is 0 Å². The van der Waals surface area contributed by atoms with Crippen LogP contribution in [-0.4, -0.2) is 83.9 Å². The molecule has 0 amide bonds. The summed E-state index contributed by atoms with van der Waals surface area (Å²) in [4.78, 5) is 15.4. The highest BCUT2D eigenvalue weighted by molar-refractivity contribution is 7.87. The number of fused-ring (bicyclic) bond motifs is 3. The Morgan fingerprint density at radius 3 is 2.87 bits per heavy atom. The van der Waals surface area contributed by atoms with Crippen LogP contribution < -0.4 is 19.5 Å². The molecule has 2 aromatic carbocycles. The normalized spacial score (nSPS) is 24.4. The lowest BCUT2D eigenvalue weighted by Gasteiger charge is -2.30. The molecule has 5 heterocycles. The average Bonchev–Trinajstić information content (AvgIpc) is 3.65. The van der Waals surface area contributed by atoms with Gasteiger partial charge in [0.15, 0.2) is 5.82 Å². The molecule has 3 aliphatic rings. The number of aromatic hydroxyl groups is 1. The van der Waals surface area contributed by atoms with E-state index >= 15 is 4.39 Å². The van der Waals surface area contributed by atoms with Gasteiger partial charge in [0.25, 0.3) is 10.2 Å². The van der Waals surface area contributed by atoms with Gasteiger partial charge in [-0.2, -0.15) is 23.1 Å². The molecule has 0 aliphatic carbocycles. The van der Waals surface area contributed by atoms with Gasteiger partial charge in [-0.1, -0.05) is 13.0 Å². The molecule has 11 nitrogen and oxygen atoms in total. The molecule has 0 bridgehead atoms. The van der Waals surface area contributed by atoms with E-state index in [4.69, 9.17) is 4.74 Å². The standard InChI is InChI=1S/C30H32F3N7O4S/c1-2-20-23(32)5-4-16-8-19(41)9-21(24(16)20)26-25(33)27-22(13-34-26)28(35-11-18-12-36-45(42,43)39-18)38-29(37-27)44-15-30-6-3-7-40(30)14-17(31)10-30/h4-5,8-9,13,17-18,36,39,41H,2-3,6-7,10-12,14-15H2,1H3,(H,35,37,38)/t17-,18?,30+/m1/s1. The van der Waals surface area contributed by atoms with Crippen LogP contribution in [-0.2, 0) is 16.6 Å². The quantitative estimate of drug-likeness (QED) is 0.227. The van der Waals surface area contributed by atoms with Gasteiger partial charge in [0.05, 0.1) is 17.0 Å². The first kappa shape index (κ1) is 29.9. The van der Waals surface area contributed by atoms with Crippen molar-refractivity contribution >= 4 is 37.7 Å². The number of hydrogen-bond acceptors (Lipinski definition) is 9. The summed E-state index contributed by atoms with van der Waals surface area (Å²) in [6.07, 6.45) is 2.72. The highest BCUT2D eigenvalue weighted by atomic mass is 32.2. The number of phenols is 1. The number of halogens is 3. The number of aryl methyl sites for hydroxylation is 1. The van der Waals surface area contributed by atoms with Crippen LogP contribution in [0, 0.1) is 11.6 Å². The van der Waals surface area contributed by atoms with E-state index in [1.165, 1.54) is 30.5 Å². The molecule has 1 unspecified atom stereocenters. The van der Waals surface area contributed by atoms with E-state index in [0.29, 0.717) is 35.7 Å². The maximum Gasteiger partial charge on any atom is 0.319 e. The molecule has 3 saturated heterocycles. The lowest BCUT2D eigenvalue weighted by Crippen LogP contribution is -2.43. The van der Waals surface area contributed by atoms with Crippen molar-refractivity contribution in [2.45, 2.75) is 50.4 Å². The fourth-order valence-corrected chi connectivity index (χ4v) is 8.06. The number of ether oxygens (including phenoxy) is 1. The predicted molar refractivity (Wildman–Crippen MR) is 162 cm³/mol. The number of aromatic nitrogens is 3. The van der Waals surface area contributed by atoms with Gasteiger partial charge in [-0.25, -0.2) is 17.9 Å². The van der Waals surface area contributed by atoms with E-state index in [1.54, 1.807) is 6.92 Å². The highest BCUT2D eigenvalue weighted by Gasteiger charge is 2.49. The Morgan fingerprint density at radius 1 is 1.24 bits per heavy atom. The third-order valence-corrected chi connectivity index (χ3v) is 10.2. The molecule has 7 rings (SSSR count). The van der Waals surface area contributed by atoms with Crippen molar-refractivity contribution in [1.82, 2.24) is 29.3 Å². The fourth-order valence-electron chi connectivity index (χ4n) is 6.95. The highest BCUT2D eigenvalue weighted by Crippen LogP contribution is 2.41. The zero-order chi connectivity index (χ0) is 31.5. The van der Waals surface area contributed by atoms with Crippen molar-refractivity contribution in [3.05, 3.63) is 47.7 Å². The van der Waals surface area contributed by atoms with Crippen LogP contribution in [0.1, 0.15) is 31.7 Å². The molecule has 4 N–H and O–H groups in total. The zero-order valence-corrected chi connectivity index (χ0v) is 25.2. The minimum Gasteiger partial charge on any atom is -0.508 e. The number of hydrogen-bond donors (Lipinski definition) is 4. The Labute approximate surface area is 257 Å². The molecule has 15 heteroatoms. The van der Waals surface area contributed by atoms with Gasteiger partial charge in [-0.3, -0.25) is 9.88 Å². The van der Waals surface area contributed by atoms with Crippen molar-refractivity contribution in [3.8, 4) is 23.0 Å². The van der Waals surface area contributed by atoms with E-state index in [2.05, 4.69) is 34.6 Å². The summed E-state index contributed by atoms with van der Waals surface area (Å²) in [5.41, 5.74) is -0.234. The second kappa shape index (κ2) is 11.2. The van der Waals surface area contributed by atoms with E-state index < -0.39 is 39.6 Å². The van der Waals surface area contributed by atoms with E-state index in [1.807, 2.05) is 0 Å². The summed E-state index contributed by atoms with van der Waals surface area (Å²) in [6, 6.07) is 5.00. The number of nitrogens with zero attached hydrogens (tertiary/aromatic N) is 4. The minimum absolute atomic E-state index is 0.110. The third kappa shape index (κ3) is 5.41. The summed E-state index contributed by atoms with van der Waals surface area (Å²) in [7, 11) is -3.61. The molecule has 0 spiro atoms. The average molecular weight is 644 g/mol. The van der Waals surface area contributed by atoms with Gasteiger partial charge < -0.3 is 15.2 Å². The first-order valence-corrected chi connectivity index (χ1v) is 16.4. The summed E-state index contributed by atoms with van der Waals surface area (Å²) in [5, 5.41) is 14.7. The van der Waals surface area contributed by atoms with Crippen LogP contribution in [0.25, 0.3) is 32.9 Å². The summed E-state index contributed by atoms with van der Waals surface area (Å²) < 4.78 is 80.4. The van der Waals surface area contributed by atoms with Crippen LogP contribution >= 0.6 is 0 Å². The van der Waals surface area contributed by atoms with Gasteiger partial charge in [0.2, 0.25) is 0 Å². The number of rotatable bonds is 8. The Bertz CT molecular complexity index is 1930. The molecule has 45 heavy (non-hydrogen) atoms. The van der Waals surface area contributed by atoms with Gasteiger partial charge in [0.1, 0.15) is 41.4 Å².